The molecule has 1 saturated heterocycles. The summed E-state index contributed by atoms with van der Waals surface area (Å²) < 4.78 is 14.1. The van der Waals surface area contributed by atoms with Crippen LogP contribution in [0.2, 0.25) is 0 Å². The molecule has 154 valence electrons. The Morgan fingerprint density at radius 2 is 2.00 bits per heavy atom. The zero-order valence-electron chi connectivity index (χ0n) is 16.8. The number of hydrogen-bond donors (Lipinski definition) is 2. The van der Waals surface area contributed by atoms with Crippen molar-refractivity contribution >= 4 is 35.6 Å². The minimum Gasteiger partial charge on any atom is -0.372 e. The molecule has 1 unspecified atom stereocenters. The Morgan fingerprint density at radius 3 is 2.66 bits per heavy atom. The van der Waals surface area contributed by atoms with Crippen LogP contribution < -0.4 is 15.5 Å². The lowest BCUT2D eigenvalue weighted by atomic mass is 10.1. The van der Waals surface area contributed by atoms with Crippen LogP contribution in [-0.2, 0) is 6.54 Å². The molecule has 2 aromatic rings. The van der Waals surface area contributed by atoms with E-state index in [-0.39, 0.29) is 36.6 Å². The smallest absolute Gasteiger partial charge is 0.191 e. The molecule has 29 heavy (non-hydrogen) atoms. The molecular formula is C22H27FIN5. The average molecular weight is 507 g/mol. The fourth-order valence-electron chi connectivity index (χ4n) is 3.39. The lowest BCUT2D eigenvalue weighted by Gasteiger charge is -2.22. The number of guanidine groups is 1. The third-order valence-corrected chi connectivity index (χ3v) is 5.05. The first-order chi connectivity index (χ1) is 13.6. The van der Waals surface area contributed by atoms with Crippen LogP contribution in [0.3, 0.4) is 0 Å². The maximum absolute atomic E-state index is 14.1. The summed E-state index contributed by atoms with van der Waals surface area (Å²) in [5, 5.41) is 15.3. The van der Waals surface area contributed by atoms with Gasteiger partial charge in [0.1, 0.15) is 5.82 Å². The number of benzene rings is 2. The Morgan fingerprint density at radius 1 is 1.24 bits per heavy atom. The van der Waals surface area contributed by atoms with E-state index < -0.39 is 5.82 Å². The zero-order chi connectivity index (χ0) is 19.9. The number of nitrogens with one attached hydrogen (secondary N) is 2. The maximum Gasteiger partial charge on any atom is 0.191 e. The highest BCUT2D eigenvalue weighted by Gasteiger charge is 2.14. The van der Waals surface area contributed by atoms with Crippen molar-refractivity contribution in [2.24, 2.45) is 4.99 Å². The first-order valence-electron chi connectivity index (χ1n) is 9.61. The monoisotopic (exact) mass is 507 g/mol. The van der Waals surface area contributed by atoms with Gasteiger partial charge in [-0.15, -0.1) is 24.0 Å². The molecule has 0 aromatic heterocycles. The van der Waals surface area contributed by atoms with Gasteiger partial charge < -0.3 is 15.5 Å². The first-order valence-corrected chi connectivity index (χ1v) is 9.61. The minimum atomic E-state index is -0.395. The average Bonchev–Trinajstić information content (AvgIpc) is 3.26. The predicted molar refractivity (Wildman–Crippen MR) is 126 cm³/mol. The van der Waals surface area contributed by atoms with Crippen LogP contribution in [0.4, 0.5) is 10.1 Å². The van der Waals surface area contributed by atoms with Crippen molar-refractivity contribution in [1.29, 1.82) is 5.26 Å². The van der Waals surface area contributed by atoms with Gasteiger partial charge in [0.05, 0.1) is 17.7 Å². The van der Waals surface area contributed by atoms with Gasteiger partial charge in [0.25, 0.3) is 0 Å². The van der Waals surface area contributed by atoms with Crippen LogP contribution in [0.15, 0.2) is 47.5 Å². The Kier molecular flexibility index (Phi) is 8.70. The van der Waals surface area contributed by atoms with Gasteiger partial charge in [-0.1, -0.05) is 18.2 Å². The molecule has 0 radical (unpaired) electrons. The molecule has 3 rings (SSSR count). The molecule has 0 amide bonds. The van der Waals surface area contributed by atoms with E-state index in [1.165, 1.54) is 30.2 Å². The lowest BCUT2D eigenvalue weighted by Crippen LogP contribution is -2.38. The molecule has 0 saturated carbocycles. The van der Waals surface area contributed by atoms with Gasteiger partial charge in [0, 0.05) is 37.9 Å². The summed E-state index contributed by atoms with van der Waals surface area (Å²) in [6.07, 6.45) is 2.50. The van der Waals surface area contributed by atoms with Crippen LogP contribution in [0, 0.1) is 17.1 Å². The summed E-state index contributed by atoms with van der Waals surface area (Å²) in [6, 6.07) is 15.0. The van der Waals surface area contributed by atoms with Gasteiger partial charge in [-0.25, -0.2) is 4.39 Å². The Balaban J connectivity index is 0.00000300. The van der Waals surface area contributed by atoms with E-state index in [1.807, 2.05) is 6.07 Å². The van der Waals surface area contributed by atoms with Gasteiger partial charge in [-0.2, -0.15) is 5.26 Å². The highest BCUT2D eigenvalue weighted by Crippen LogP contribution is 2.24. The molecule has 1 atom stereocenters. The molecule has 0 spiro atoms. The molecule has 7 heteroatoms. The van der Waals surface area contributed by atoms with Crippen molar-refractivity contribution in [1.82, 2.24) is 10.6 Å². The lowest BCUT2D eigenvalue weighted by molar-refractivity contribution is 0.602. The second kappa shape index (κ2) is 11.0. The Hall–Kier alpha value is -2.34. The molecule has 1 heterocycles. The molecule has 5 nitrogen and oxygen atoms in total. The van der Waals surface area contributed by atoms with Gasteiger partial charge in [0.2, 0.25) is 0 Å². The summed E-state index contributed by atoms with van der Waals surface area (Å²) in [5.41, 5.74) is 3.24. The van der Waals surface area contributed by atoms with Crippen LogP contribution >= 0.6 is 24.0 Å². The standard InChI is InChI=1S/C22H26FN5.HI/c1-16(18-6-5-7-20(13-18)28-10-3-4-11-28)27-22(25-2)26-15-19-9-8-17(14-24)12-21(19)23;/h5-9,12-13,16H,3-4,10-11,15H2,1-2H3,(H2,25,26,27);1H. The van der Waals surface area contributed by atoms with E-state index in [0.717, 1.165) is 13.1 Å². The van der Waals surface area contributed by atoms with Crippen LogP contribution in [0.5, 0.6) is 0 Å². The van der Waals surface area contributed by atoms with Gasteiger partial charge >= 0.3 is 0 Å². The van der Waals surface area contributed by atoms with E-state index in [2.05, 4.69) is 51.7 Å². The number of aliphatic imine (C=N–C) groups is 1. The first kappa shape index (κ1) is 22.9. The van der Waals surface area contributed by atoms with Gasteiger partial charge in [-0.3, -0.25) is 4.99 Å². The Labute approximate surface area is 189 Å². The molecule has 0 aliphatic carbocycles. The predicted octanol–water partition coefficient (Wildman–Crippen LogP) is 4.34. The fraction of sp³-hybridized carbons (Fsp3) is 0.364. The normalized spacial score (nSPS) is 14.7. The maximum atomic E-state index is 14.1. The van der Waals surface area contributed by atoms with Crippen molar-refractivity contribution in [3.05, 3.63) is 65.0 Å². The summed E-state index contributed by atoms with van der Waals surface area (Å²) in [5.74, 6) is 0.205. The molecule has 1 fully saturated rings. The number of nitrogens with zero attached hydrogens (tertiary/aromatic N) is 3. The fourth-order valence-corrected chi connectivity index (χ4v) is 3.39. The summed E-state index contributed by atoms with van der Waals surface area (Å²) in [4.78, 5) is 6.65. The van der Waals surface area contributed by atoms with E-state index in [9.17, 15) is 4.39 Å². The number of hydrogen-bond acceptors (Lipinski definition) is 3. The molecule has 1 aliphatic rings. The van der Waals surface area contributed by atoms with Gasteiger partial charge in [0.15, 0.2) is 5.96 Å². The summed E-state index contributed by atoms with van der Waals surface area (Å²) >= 11 is 0. The van der Waals surface area contributed by atoms with Crippen molar-refractivity contribution in [2.45, 2.75) is 32.4 Å². The topological polar surface area (TPSA) is 63.5 Å². The number of halogens is 2. The molecular weight excluding hydrogens is 480 g/mol. The zero-order valence-corrected chi connectivity index (χ0v) is 19.1. The van der Waals surface area contributed by atoms with Gasteiger partial charge in [-0.05, 0) is 49.6 Å². The van der Waals surface area contributed by atoms with E-state index >= 15 is 0 Å². The van der Waals surface area contributed by atoms with E-state index in [0.29, 0.717) is 17.1 Å². The van der Waals surface area contributed by atoms with E-state index in [1.54, 1.807) is 19.2 Å². The van der Waals surface area contributed by atoms with Crippen molar-refractivity contribution < 1.29 is 4.39 Å². The number of anilines is 1. The highest BCUT2D eigenvalue weighted by atomic mass is 127. The van der Waals surface area contributed by atoms with Crippen molar-refractivity contribution in [3.8, 4) is 6.07 Å². The summed E-state index contributed by atoms with van der Waals surface area (Å²) in [6.45, 7) is 4.60. The number of nitriles is 1. The largest absolute Gasteiger partial charge is 0.372 e. The number of rotatable bonds is 5. The molecule has 2 N–H and O–H groups in total. The second-order valence-electron chi connectivity index (χ2n) is 7.00. The molecule has 0 bridgehead atoms. The minimum absolute atomic E-state index is 0. The second-order valence-corrected chi connectivity index (χ2v) is 7.00. The quantitative estimate of drug-likeness (QED) is 0.359. The molecule has 1 aliphatic heterocycles. The van der Waals surface area contributed by atoms with E-state index in [4.69, 9.17) is 5.26 Å². The van der Waals surface area contributed by atoms with Crippen molar-refractivity contribution in [2.75, 3.05) is 25.0 Å². The Bertz CT molecular complexity index is 887. The molecule has 2 aromatic carbocycles. The SMILES string of the molecule is CN=C(NCc1ccc(C#N)cc1F)NC(C)c1cccc(N2CCCC2)c1.I. The third-order valence-electron chi connectivity index (χ3n) is 5.05. The van der Waals surface area contributed by atoms with Crippen LogP contribution in [0.25, 0.3) is 0 Å². The highest BCUT2D eigenvalue weighted by molar-refractivity contribution is 14.0. The van der Waals surface area contributed by atoms with Crippen molar-refractivity contribution in [3.63, 3.8) is 0 Å². The summed E-state index contributed by atoms with van der Waals surface area (Å²) in [7, 11) is 1.69. The van der Waals surface area contributed by atoms with Crippen LogP contribution in [-0.4, -0.2) is 26.1 Å². The third kappa shape index (κ3) is 6.07. The van der Waals surface area contributed by atoms with Crippen LogP contribution in [0.1, 0.15) is 42.5 Å².